The number of hydrogen-bond donors (Lipinski definition) is 2. The van der Waals surface area contributed by atoms with Crippen LogP contribution in [0.3, 0.4) is 0 Å². The molecule has 0 amide bonds. The van der Waals surface area contributed by atoms with Crippen LogP contribution in [0.5, 0.6) is 0 Å². The molecule has 200 valence electrons. The summed E-state index contributed by atoms with van der Waals surface area (Å²) in [4.78, 5) is 18.2. The van der Waals surface area contributed by atoms with Gasteiger partial charge in [-0.05, 0) is 53.1 Å². The zero-order chi connectivity index (χ0) is 27.4. The molecule has 1 aliphatic heterocycles. The molecule has 7 nitrogen and oxygen atoms in total. The molecular weight excluding hydrogens is 522 g/mol. The largest absolute Gasteiger partial charge is 0.335 e. The Bertz CT molecular complexity index is 1880. The van der Waals surface area contributed by atoms with E-state index in [-0.39, 0.29) is 24.3 Å². The quantitative estimate of drug-likeness (QED) is 0.248. The Hall–Kier alpha value is -4.64. The molecule has 0 unspecified atom stereocenters. The van der Waals surface area contributed by atoms with Crippen molar-refractivity contribution in [3.8, 4) is 33.8 Å². The normalized spacial score (nSPS) is 15.4. The van der Waals surface area contributed by atoms with Gasteiger partial charge in [0.2, 0.25) is 0 Å². The van der Waals surface area contributed by atoms with Gasteiger partial charge < -0.3 is 4.98 Å². The molecule has 1 saturated heterocycles. The number of rotatable bonds is 5. The molecule has 0 bridgehead atoms. The van der Waals surface area contributed by atoms with Crippen LogP contribution in [0.2, 0.25) is 0 Å². The standard InChI is InChI=1S/C29H21F4N7/c30-20-3-1-17(2-4-20)21-5-7-35-27-25(21)36-28(37-27)26-22-10-18(11-23(31)24(22)38-39-26)19-9-16(12-34-13-19)14-40-8-6-29(32,33)15-40/h1-5,7,9-13H,6,8,14-15H2,(H,38,39)(H,35,36,37). The number of aromatic amines is 2. The lowest BCUT2D eigenvalue weighted by Crippen LogP contribution is -2.24. The topological polar surface area (TPSA) is 86.4 Å². The van der Waals surface area contributed by atoms with Gasteiger partial charge in [0.15, 0.2) is 17.3 Å². The number of pyridine rings is 2. The molecule has 4 aromatic heterocycles. The summed E-state index contributed by atoms with van der Waals surface area (Å²) in [6, 6.07) is 12.9. The summed E-state index contributed by atoms with van der Waals surface area (Å²) in [7, 11) is 0. The fourth-order valence-electron chi connectivity index (χ4n) is 5.25. The van der Waals surface area contributed by atoms with Crippen molar-refractivity contribution in [2.24, 2.45) is 0 Å². The maximum atomic E-state index is 15.2. The van der Waals surface area contributed by atoms with Crippen LogP contribution in [-0.2, 0) is 6.54 Å². The summed E-state index contributed by atoms with van der Waals surface area (Å²) in [6.07, 6.45) is 4.71. The number of halogens is 4. The second-order valence-corrected chi connectivity index (χ2v) is 10.0. The first-order valence-corrected chi connectivity index (χ1v) is 12.7. The molecule has 6 aromatic rings. The van der Waals surface area contributed by atoms with E-state index in [0.29, 0.717) is 52.3 Å². The van der Waals surface area contributed by atoms with Gasteiger partial charge in [-0.1, -0.05) is 12.1 Å². The van der Waals surface area contributed by atoms with Crippen LogP contribution < -0.4 is 0 Å². The van der Waals surface area contributed by atoms with E-state index < -0.39 is 11.7 Å². The second kappa shape index (κ2) is 9.23. The summed E-state index contributed by atoms with van der Waals surface area (Å²) in [5, 5.41) is 7.57. The number of nitrogens with zero attached hydrogens (tertiary/aromatic N) is 5. The molecule has 0 aliphatic carbocycles. The van der Waals surface area contributed by atoms with E-state index in [4.69, 9.17) is 0 Å². The van der Waals surface area contributed by atoms with Gasteiger partial charge in [0, 0.05) is 54.6 Å². The highest BCUT2D eigenvalue weighted by Gasteiger charge is 2.37. The number of likely N-dealkylation sites (tertiary alicyclic amines) is 1. The molecule has 2 N–H and O–H groups in total. The lowest BCUT2D eigenvalue weighted by molar-refractivity contribution is 0.0115. The predicted octanol–water partition coefficient (Wildman–Crippen LogP) is 6.35. The van der Waals surface area contributed by atoms with E-state index in [1.165, 1.54) is 18.2 Å². The highest BCUT2D eigenvalue weighted by Crippen LogP contribution is 2.34. The van der Waals surface area contributed by atoms with Gasteiger partial charge >= 0.3 is 0 Å². The molecule has 5 heterocycles. The number of H-pyrrole nitrogens is 2. The van der Waals surface area contributed by atoms with Crippen molar-refractivity contribution < 1.29 is 17.6 Å². The Morgan fingerprint density at radius 1 is 0.950 bits per heavy atom. The van der Waals surface area contributed by atoms with Gasteiger partial charge in [-0.15, -0.1) is 0 Å². The lowest BCUT2D eigenvalue weighted by atomic mass is 10.0. The van der Waals surface area contributed by atoms with Crippen LogP contribution in [0.4, 0.5) is 17.6 Å². The molecule has 1 aliphatic rings. The number of hydrogen-bond acceptors (Lipinski definition) is 5. The first-order chi connectivity index (χ1) is 19.3. The Labute approximate surface area is 224 Å². The SMILES string of the molecule is Fc1ccc(-c2ccnc3nc(-c4[nH]nc5c(F)cc(-c6cncc(CN7CCC(F)(F)C7)c6)cc45)[nH]c23)cc1. The number of benzene rings is 2. The van der Waals surface area contributed by atoms with Gasteiger partial charge in [-0.3, -0.25) is 15.0 Å². The number of alkyl halides is 2. The summed E-state index contributed by atoms with van der Waals surface area (Å²) in [5.41, 5.74) is 5.27. The second-order valence-electron chi connectivity index (χ2n) is 10.0. The van der Waals surface area contributed by atoms with Gasteiger partial charge in [-0.2, -0.15) is 5.10 Å². The maximum absolute atomic E-state index is 15.2. The van der Waals surface area contributed by atoms with Crippen molar-refractivity contribution >= 4 is 22.1 Å². The summed E-state index contributed by atoms with van der Waals surface area (Å²) in [5.74, 6) is -3.12. The molecule has 0 spiro atoms. The number of imidazole rings is 1. The average molecular weight is 544 g/mol. The molecule has 0 atom stereocenters. The minimum Gasteiger partial charge on any atom is -0.335 e. The van der Waals surface area contributed by atoms with Crippen molar-refractivity contribution in [3.05, 3.63) is 84.3 Å². The minimum absolute atomic E-state index is 0.148. The van der Waals surface area contributed by atoms with E-state index in [9.17, 15) is 13.2 Å². The van der Waals surface area contributed by atoms with Crippen molar-refractivity contribution in [2.45, 2.75) is 18.9 Å². The van der Waals surface area contributed by atoms with Gasteiger partial charge in [0.25, 0.3) is 5.92 Å². The Balaban J connectivity index is 1.27. The smallest absolute Gasteiger partial charge is 0.261 e. The molecule has 1 fully saturated rings. The molecule has 2 aromatic carbocycles. The molecule has 7 rings (SSSR count). The fourth-order valence-corrected chi connectivity index (χ4v) is 5.25. The number of nitrogens with one attached hydrogen (secondary N) is 2. The van der Waals surface area contributed by atoms with Crippen molar-refractivity contribution in [3.63, 3.8) is 0 Å². The minimum atomic E-state index is -2.68. The van der Waals surface area contributed by atoms with Crippen LogP contribution in [0.15, 0.2) is 67.1 Å². The van der Waals surface area contributed by atoms with E-state index in [1.54, 1.807) is 41.7 Å². The van der Waals surface area contributed by atoms with Crippen LogP contribution in [-0.4, -0.2) is 54.0 Å². The third-order valence-electron chi connectivity index (χ3n) is 7.18. The first-order valence-electron chi connectivity index (χ1n) is 12.7. The maximum Gasteiger partial charge on any atom is 0.261 e. The summed E-state index contributed by atoms with van der Waals surface area (Å²) < 4.78 is 56.0. The Kier molecular flexibility index (Phi) is 5.63. The summed E-state index contributed by atoms with van der Waals surface area (Å²) >= 11 is 0. The van der Waals surface area contributed by atoms with Gasteiger partial charge in [-0.25, -0.2) is 27.5 Å². The van der Waals surface area contributed by atoms with E-state index in [2.05, 4.69) is 30.1 Å². The zero-order valence-electron chi connectivity index (χ0n) is 20.9. The van der Waals surface area contributed by atoms with Crippen LogP contribution >= 0.6 is 0 Å². The van der Waals surface area contributed by atoms with Crippen LogP contribution in [0, 0.1) is 11.6 Å². The fraction of sp³-hybridized carbons (Fsp3) is 0.172. The predicted molar refractivity (Wildman–Crippen MR) is 142 cm³/mol. The van der Waals surface area contributed by atoms with E-state index in [0.717, 1.165) is 16.7 Å². The number of aromatic nitrogens is 6. The van der Waals surface area contributed by atoms with Gasteiger partial charge in [0.05, 0.1) is 12.1 Å². The van der Waals surface area contributed by atoms with E-state index in [1.807, 2.05) is 12.1 Å². The average Bonchev–Trinajstić information content (AvgIpc) is 3.65. The van der Waals surface area contributed by atoms with Crippen LogP contribution in [0.1, 0.15) is 12.0 Å². The monoisotopic (exact) mass is 543 g/mol. The molecule has 40 heavy (non-hydrogen) atoms. The third kappa shape index (κ3) is 4.37. The molecule has 11 heteroatoms. The Morgan fingerprint density at radius 2 is 1.80 bits per heavy atom. The van der Waals surface area contributed by atoms with Gasteiger partial charge in [0.1, 0.15) is 17.0 Å². The number of fused-ring (bicyclic) bond motifs is 2. The highest BCUT2D eigenvalue weighted by molar-refractivity contribution is 5.97. The van der Waals surface area contributed by atoms with Crippen LogP contribution in [0.25, 0.3) is 55.8 Å². The van der Waals surface area contributed by atoms with Crippen molar-refractivity contribution in [1.82, 2.24) is 35.0 Å². The zero-order valence-corrected chi connectivity index (χ0v) is 20.9. The molecule has 0 saturated carbocycles. The molecule has 0 radical (unpaired) electrons. The van der Waals surface area contributed by atoms with Crippen molar-refractivity contribution in [1.29, 1.82) is 0 Å². The lowest BCUT2D eigenvalue weighted by Gasteiger charge is -2.15. The first kappa shape index (κ1) is 24.4. The van der Waals surface area contributed by atoms with Crippen molar-refractivity contribution in [2.75, 3.05) is 13.1 Å². The summed E-state index contributed by atoms with van der Waals surface area (Å²) in [6.45, 7) is 0.358. The Morgan fingerprint density at radius 3 is 2.60 bits per heavy atom. The highest BCUT2D eigenvalue weighted by atomic mass is 19.3. The molecular formula is C29H21F4N7. The van der Waals surface area contributed by atoms with E-state index >= 15 is 4.39 Å². The third-order valence-corrected chi connectivity index (χ3v) is 7.18.